The Labute approximate surface area is 115 Å². The standard InChI is InChI=1S/C13H14ClN3S/c1-17(7-9-4-5-18-8-9)12-6-11(14)15-13(16-12)10-2-3-10/h4-6,8,10H,2-3,7H2,1H3. The number of aromatic nitrogens is 2. The van der Waals surface area contributed by atoms with E-state index in [-0.39, 0.29) is 0 Å². The molecular weight excluding hydrogens is 266 g/mol. The van der Waals surface area contributed by atoms with E-state index in [1.807, 2.05) is 13.1 Å². The summed E-state index contributed by atoms with van der Waals surface area (Å²) in [5, 5.41) is 4.78. The summed E-state index contributed by atoms with van der Waals surface area (Å²) in [6.45, 7) is 0.848. The first kappa shape index (κ1) is 11.9. The van der Waals surface area contributed by atoms with Crippen LogP contribution in [0, 0.1) is 0 Å². The smallest absolute Gasteiger partial charge is 0.135 e. The van der Waals surface area contributed by atoms with E-state index in [1.165, 1.54) is 18.4 Å². The second-order valence-corrected chi connectivity index (χ2v) is 5.84. The van der Waals surface area contributed by atoms with Crippen molar-refractivity contribution in [3.8, 4) is 0 Å². The lowest BCUT2D eigenvalue weighted by Gasteiger charge is -2.18. The van der Waals surface area contributed by atoms with E-state index in [0.717, 1.165) is 18.2 Å². The van der Waals surface area contributed by atoms with E-state index in [4.69, 9.17) is 11.6 Å². The predicted octanol–water partition coefficient (Wildman–Crippen LogP) is 3.71. The molecule has 3 nitrogen and oxygen atoms in total. The van der Waals surface area contributed by atoms with Crippen molar-refractivity contribution in [1.82, 2.24) is 9.97 Å². The molecule has 2 aromatic rings. The molecule has 2 heterocycles. The Morgan fingerprint density at radius 3 is 2.94 bits per heavy atom. The number of hydrogen-bond donors (Lipinski definition) is 0. The second kappa shape index (κ2) is 4.86. The minimum absolute atomic E-state index is 0.525. The average molecular weight is 280 g/mol. The lowest BCUT2D eigenvalue weighted by molar-refractivity contribution is 0.856. The number of rotatable bonds is 4. The van der Waals surface area contributed by atoms with Gasteiger partial charge in [-0.25, -0.2) is 9.97 Å². The molecule has 0 amide bonds. The summed E-state index contributed by atoms with van der Waals surface area (Å²) in [7, 11) is 2.03. The normalized spacial score (nSPS) is 14.8. The summed E-state index contributed by atoms with van der Waals surface area (Å²) in [6, 6.07) is 3.96. The minimum Gasteiger partial charge on any atom is -0.355 e. The van der Waals surface area contributed by atoms with Crippen molar-refractivity contribution in [2.75, 3.05) is 11.9 Å². The van der Waals surface area contributed by atoms with E-state index >= 15 is 0 Å². The highest BCUT2D eigenvalue weighted by atomic mass is 35.5. The molecule has 0 bridgehead atoms. The third-order valence-corrected chi connectivity index (χ3v) is 3.96. The van der Waals surface area contributed by atoms with E-state index in [1.54, 1.807) is 11.3 Å². The lowest BCUT2D eigenvalue weighted by Crippen LogP contribution is -2.18. The number of anilines is 1. The van der Waals surface area contributed by atoms with Crippen LogP contribution in [0.1, 0.15) is 30.1 Å². The SMILES string of the molecule is CN(Cc1ccsc1)c1cc(Cl)nc(C2CC2)n1. The van der Waals surface area contributed by atoms with Crippen LogP contribution in [-0.2, 0) is 6.54 Å². The van der Waals surface area contributed by atoms with Gasteiger partial charge in [0.2, 0.25) is 0 Å². The monoisotopic (exact) mass is 279 g/mol. The third-order valence-electron chi connectivity index (χ3n) is 3.03. The molecular formula is C13H14ClN3S. The molecule has 3 rings (SSSR count). The lowest BCUT2D eigenvalue weighted by atomic mass is 10.3. The van der Waals surface area contributed by atoms with Crippen molar-refractivity contribution in [3.63, 3.8) is 0 Å². The van der Waals surface area contributed by atoms with Crippen molar-refractivity contribution < 1.29 is 0 Å². The van der Waals surface area contributed by atoms with Gasteiger partial charge in [-0.05, 0) is 35.2 Å². The highest BCUT2D eigenvalue weighted by Crippen LogP contribution is 2.39. The molecule has 0 spiro atoms. The average Bonchev–Trinajstić information content (AvgIpc) is 3.08. The number of hydrogen-bond acceptors (Lipinski definition) is 4. The molecule has 0 radical (unpaired) electrons. The van der Waals surface area contributed by atoms with Gasteiger partial charge in [0.15, 0.2) is 0 Å². The van der Waals surface area contributed by atoms with Crippen molar-refractivity contribution in [1.29, 1.82) is 0 Å². The fourth-order valence-electron chi connectivity index (χ4n) is 1.88. The molecule has 0 N–H and O–H groups in total. The van der Waals surface area contributed by atoms with Crippen LogP contribution in [0.5, 0.6) is 0 Å². The van der Waals surface area contributed by atoms with E-state index in [0.29, 0.717) is 11.1 Å². The summed E-state index contributed by atoms with van der Waals surface area (Å²) >= 11 is 7.78. The molecule has 1 aliphatic carbocycles. The maximum atomic E-state index is 6.07. The number of halogens is 1. The second-order valence-electron chi connectivity index (χ2n) is 4.67. The van der Waals surface area contributed by atoms with Gasteiger partial charge in [-0.2, -0.15) is 11.3 Å². The number of thiophene rings is 1. The Bertz CT molecular complexity index is 537. The molecule has 0 unspecified atom stereocenters. The van der Waals surface area contributed by atoms with E-state index in [2.05, 4.69) is 31.7 Å². The van der Waals surface area contributed by atoms with Crippen LogP contribution in [0.2, 0.25) is 5.15 Å². The molecule has 0 aromatic carbocycles. The highest BCUT2D eigenvalue weighted by Gasteiger charge is 2.27. The van der Waals surface area contributed by atoms with E-state index in [9.17, 15) is 0 Å². The summed E-state index contributed by atoms with van der Waals surface area (Å²) in [5.41, 5.74) is 1.30. The fraction of sp³-hybridized carbons (Fsp3) is 0.385. The van der Waals surface area contributed by atoms with E-state index < -0.39 is 0 Å². The predicted molar refractivity (Wildman–Crippen MR) is 75.4 cm³/mol. The Hall–Kier alpha value is -1.13. The first-order chi connectivity index (χ1) is 8.72. The quantitative estimate of drug-likeness (QED) is 0.799. The van der Waals surface area contributed by atoms with Gasteiger partial charge in [0.1, 0.15) is 16.8 Å². The highest BCUT2D eigenvalue weighted by molar-refractivity contribution is 7.07. The van der Waals surface area contributed by atoms with Crippen LogP contribution < -0.4 is 4.90 Å². The van der Waals surface area contributed by atoms with Crippen molar-refractivity contribution >= 4 is 28.8 Å². The molecule has 1 fully saturated rings. The van der Waals surface area contributed by atoms with Gasteiger partial charge in [0.25, 0.3) is 0 Å². The molecule has 1 saturated carbocycles. The zero-order valence-electron chi connectivity index (χ0n) is 10.1. The van der Waals surface area contributed by atoms with Crippen LogP contribution in [-0.4, -0.2) is 17.0 Å². The Kier molecular flexibility index (Phi) is 3.22. The Morgan fingerprint density at radius 1 is 1.44 bits per heavy atom. The zero-order valence-corrected chi connectivity index (χ0v) is 11.7. The van der Waals surface area contributed by atoms with Crippen LogP contribution in [0.4, 0.5) is 5.82 Å². The summed E-state index contributed by atoms with van der Waals surface area (Å²) in [6.07, 6.45) is 2.38. The number of nitrogens with zero attached hydrogens (tertiary/aromatic N) is 3. The topological polar surface area (TPSA) is 29.0 Å². The van der Waals surface area contributed by atoms with Crippen molar-refractivity contribution in [2.45, 2.75) is 25.3 Å². The first-order valence-corrected chi connectivity index (χ1v) is 7.31. The van der Waals surface area contributed by atoms with Gasteiger partial charge in [0.05, 0.1) is 0 Å². The largest absolute Gasteiger partial charge is 0.355 e. The maximum Gasteiger partial charge on any atom is 0.135 e. The van der Waals surface area contributed by atoms with Gasteiger partial charge >= 0.3 is 0 Å². The molecule has 0 aliphatic heterocycles. The fourth-order valence-corrected chi connectivity index (χ4v) is 2.72. The Morgan fingerprint density at radius 2 is 2.28 bits per heavy atom. The summed E-state index contributed by atoms with van der Waals surface area (Å²) in [5.74, 6) is 2.33. The van der Waals surface area contributed by atoms with Crippen LogP contribution in [0.15, 0.2) is 22.9 Å². The van der Waals surface area contributed by atoms with Crippen LogP contribution >= 0.6 is 22.9 Å². The van der Waals surface area contributed by atoms with Gasteiger partial charge in [-0.1, -0.05) is 11.6 Å². The molecule has 0 atom stereocenters. The first-order valence-electron chi connectivity index (χ1n) is 5.99. The summed E-state index contributed by atoms with van der Waals surface area (Å²) in [4.78, 5) is 11.0. The molecule has 18 heavy (non-hydrogen) atoms. The molecule has 5 heteroatoms. The van der Waals surface area contributed by atoms with Crippen LogP contribution in [0.25, 0.3) is 0 Å². The van der Waals surface area contributed by atoms with Crippen molar-refractivity contribution in [2.24, 2.45) is 0 Å². The molecule has 94 valence electrons. The van der Waals surface area contributed by atoms with Gasteiger partial charge in [-0.15, -0.1) is 0 Å². The molecule has 2 aromatic heterocycles. The minimum atomic E-state index is 0.525. The zero-order chi connectivity index (χ0) is 12.5. The maximum absolute atomic E-state index is 6.07. The van der Waals surface area contributed by atoms with Gasteiger partial charge in [-0.3, -0.25) is 0 Å². The third kappa shape index (κ3) is 2.65. The molecule has 0 saturated heterocycles. The summed E-state index contributed by atoms with van der Waals surface area (Å²) < 4.78 is 0. The van der Waals surface area contributed by atoms with Gasteiger partial charge < -0.3 is 4.90 Å². The van der Waals surface area contributed by atoms with Gasteiger partial charge in [0, 0.05) is 25.6 Å². The molecule has 1 aliphatic rings. The van der Waals surface area contributed by atoms with Crippen LogP contribution in [0.3, 0.4) is 0 Å². The Balaban J connectivity index is 1.81. The van der Waals surface area contributed by atoms with Crippen molar-refractivity contribution in [3.05, 3.63) is 39.4 Å².